The van der Waals surface area contributed by atoms with Crippen LogP contribution in [0.4, 0.5) is 0 Å². The lowest BCUT2D eigenvalue weighted by molar-refractivity contribution is -0.134. The monoisotopic (exact) mass is 547 g/mol. The molecule has 0 atom stereocenters. The van der Waals surface area contributed by atoms with Crippen LogP contribution >= 0.6 is 0 Å². The molecule has 0 aliphatic carbocycles. The number of benzene rings is 4. The molecule has 0 unspecified atom stereocenters. The van der Waals surface area contributed by atoms with Crippen LogP contribution in [0, 0.1) is 0 Å². The quantitative estimate of drug-likeness (QED) is 0.0854. The summed E-state index contributed by atoms with van der Waals surface area (Å²) in [6, 6.07) is 31.4. The Labute approximate surface area is 241 Å². The van der Waals surface area contributed by atoms with E-state index < -0.39 is 5.97 Å². The summed E-state index contributed by atoms with van der Waals surface area (Å²) in [5.41, 5.74) is 4.76. The second-order valence-electron chi connectivity index (χ2n) is 10.6. The Balaban J connectivity index is 0.941. The van der Waals surface area contributed by atoms with Crippen molar-refractivity contribution in [3.8, 4) is 16.9 Å². The lowest BCUT2D eigenvalue weighted by Gasteiger charge is -2.08. The van der Waals surface area contributed by atoms with E-state index in [0.29, 0.717) is 12.2 Å². The third-order valence-electron chi connectivity index (χ3n) is 7.74. The summed E-state index contributed by atoms with van der Waals surface area (Å²) in [5.74, 6) is -0.614. The third-order valence-corrected chi connectivity index (χ3v) is 7.74. The number of ether oxygens (including phenoxy) is 1. The number of aromatic carboxylic acids is 1. The van der Waals surface area contributed by atoms with E-state index in [1.165, 1.54) is 53.9 Å². The Morgan fingerprint density at radius 3 is 1.63 bits per heavy atom. The largest absolute Gasteiger partial charge is 0.478 e. The molecule has 5 heteroatoms. The first-order valence-electron chi connectivity index (χ1n) is 14.7. The molecule has 4 aromatic carbocycles. The summed E-state index contributed by atoms with van der Waals surface area (Å²) < 4.78 is 7.97. The van der Waals surface area contributed by atoms with Crippen molar-refractivity contribution >= 4 is 33.7 Å². The zero-order valence-corrected chi connectivity index (χ0v) is 23.4. The van der Waals surface area contributed by atoms with Gasteiger partial charge < -0.3 is 14.4 Å². The van der Waals surface area contributed by atoms with Crippen LogP contribution in [0.3, 0.4) is 0 Å². The van der Waals surface area contributed by atoms with Gasteiger partial charge in [-0.1, -0.05) is 99.2 Å². The van der Waals surface area contributed by atoms with Gasteiger partial charge in [-0.05, 0) is 60.4 Å². The molecule has 1 heterocycles. The van der Waals surface area contributed by atoms with Crippen molar-refractivity contribution in [3.05, 3.63) is 103 Å². The fourth-order valence-corrected chi connectivity index (χ4v) is 5.55. The van der Waals surface area contributed by atoms with Crippen molar-refractivity contribution in [1.82, 2.24) is 4.57 Å². The molecule has 41 heavy (non-hydrogen) atoms. The number of aryl methyl sites for hydroxylation is 1. The van der Waals surface area contributed by atoms with Crippen LogP contribution in [0.1, 0.15) is 68.1 Å². The molecule has 0 bridgehead atoms. The van der Waals surface area contributed by atoms with Gasteiger partial charge >= 0.3 is 11.9 Å². The van der Waals surface area contributed by atoms with Gasteiger partial charge in [-0.3, -0.25) is 4.79 Å². The molecule has 5 rings (SSSR count). The Hall–Kier alpha value is -4.38. The minimum atomic E-state index is -0.943. The van der Waals surface area contributed by atoms with Gasteiger partial charge in [-0.15, -0.1) is 0 Å². The van der Waals surface area contributed by atoms with Crippen molar-refractivity contribution in [2.75, 3.05) is 0 Å². The highest BCUT2D eigenvalue weighted by atomic mass is 16.5. The molecule has 1 aromatic heterocycles. The van der Waals surface area contributed by atoms with Gasteiger partial charge in [0.1, 0.15) is 5.75 Å². The van der Waals surface area contributed by atoms with Crippen LogP contribution in [-0.4, -0.2) is 21.6 Å². The number of para-hydroxylation sites is 2. The zero-order valence-electron chi connectivity index (χ0n) is 23.4. The number of carboxylic acid groups (broad SMARTS) is 1. The molecule has 0 fully saturated rings. The molecule has 0 saturated heterocycles. The number of rotatable bonds is 14. The SMILES string of the molecule is O=C(CCCCCCCCCCn1c2ccccc2c2ccccc21)Oc1ccc(-c2ccc(C(=O)O)cc2)cc1. The van der Waals surface area contributed by atoms with Gasteiger partial charge in [0, 0.05) is 34.8 Å². The van der Waals surface area contributed by atoms with Crippen molar-refractivity contribution in [1.29, 1.82) is 0 Å². The Bertz CT molecular complexity index is 1550. The molecule has 5 aromatic rings. The maximum Gasteiger partial charge on any atom is 0.335 e. The minimum absolute atomic E-state index is 0.200. The number of carbonyl (C=O) groups is 2. The predicted molar refractivity (Wildman–Crippen MR) is 165 cm³/mol. The summed E-state index contributed by atoms with van der Waals surface area (Å²) in [7, 11) is 0. The average molecular weight is 548 g/mol. The van der Waals surface area contributed by atoms with Gasteiger partial charge in [0.15, 0.2) is 0 Å². The highest BCUT2D eigenvalue weighted by molar-refractivity contribution is 6.07. The summed E-state index contributed by atoms with van der Waals surface area (Å²) in [4.78, 5) is 23.3. The van der Waals surface area contributed by atoms with Crippen LogP contribution < -0.4 is 4.74 Å². The maximum atomic E-state index is 12.3. The van der Waals surface area contributed by atoms with Crippen LogP contribution in [-0.2, 0) is 11.3 Å². The van der Waals surface area contributed by atoms with Crippen LogP contribution in [0.15, 0.2) is 97.1 Å². The molecule has 0 amide bonds. The van der Waals surface area contributed by atoms with Gasteiger partial charge in [-0.25, -0.2) is 4.79 Å². The first-order valence-corrected chi connectivity index (χ1v) is 14.7. The summed E-state index contributed by atoms with van der Waals surface area (Å²) >= 11 is 0. The zero-order chi connectivity index (χ0) is 28.4. The lowest BCUT2D eigenvalue weighted by atomic mass is 10.0. The summed E-state index contributed by atoms with van der Waals surface area (Å²) in [6.45, 7) is 1.05. The predicted octanol–water partition coefficient (Wildman–Crippen LogP) is 9.28. The second kappa shape index (κ2) is 13.8. The number of carbonyl (C=O) groups excluding carboxylic acids is 1. The van der Waals surface area contributed by atoms with E-state index >= 15 is 0 Å². The number of unbranched alkanes of at least 4 members (excludes halogenated alkanes) is 7. The van der Waals surface area contributed by atoms with Crippen LogP contribution in [0.5, 0.6) is 5.75 Å². The molecule has 210 valence electrons. The molecule has 0 aliphatic heterocycles. The first kappa shape index (κ1) is 28.2. The summed E-state index contributed by atoms with van der Waals surface area (Å²) in [5, 5.41) is 11.7. The minimum Gasteiger partial charge on any atom is -0.478 e. The van der Waals surface area contributed by atoms with Gasteiger partial charge in [0.2, 0.25) is 0 Å². The molecule has 0 aliphatic rings. The van der Waals surface area contributed by atoms with Crippen LogP contribution in [0.25, 0.3) is 32.9 Å². The third kappa shape index (κ3) is 7.23. The van der Waals surface area contributed by atoms with Gasteiger partial charge in [0.25, 0.3) is 0 Å². The first-order chi connectivity index (χ1) is 20.1. The summed E-state index contributed by atoms with van der Waals surface area (Å²) in [6.07, 6.45) is 9.59. The maximum absolute atomic E-state index is 12.3. The van der Waals surface area contributed by atoms with E-state index in [0.717, 1.165) is 36.9 Å². The topological polar surface area (TPSA) is 68.5 Å². The second-order valence-corrected chi connectivity index (χ2v) is 10.6. The van der Waals surface area contributed by atoms with E-state index in [1.807, 2.05) is 12.1 Å². The molecular formula is C36H37NO4. The van der Waals surface area contributed by atoms with Crippen molar-refractivity contribution in [3.63, 3.8) is 0 Å². The number of esters is 1. The molecule has 0 radical (unpaired) electrons. The van der Waals surface area contributed by atoms with Crippen LogP contribution in [0.2, 0.25) is 0 Å². The van der Waals surface area contributed by atoms with Gasteiger partial charge in [0.05, 0.1) is 5.56 Å². The lowest BCUT2D eigenvalue weighted by Crippen LogP contribution is -2.07. The highest BCUT2D eigenvalue weighted by Crippen LogP contribution is 2.29. The fourth-order valence-electron chi connectivity index (χ4n) is 5.55. The van der Waals surface area contributed by atoms with E-state index in [9.17, 15) is 9.59 Å². The van der Waals surface area contributed by atoms with E-state index in [1.54, 1.807) is 36.4 Å². The van der Waals surface area contributed by atoms with Crippen molar-refractivity contribution in [2.45, 2.75) is 64.3 Å². The molecule has 0 saturated carbocycles. The number of hydrogen-bond acceptors (Lipinski definition) is 3. The smallest absolute Gasteiger partial charge is 0.335 e. The van der Waals surface area contributed by atoms with E-state index in [4.69, 9.17) is 9.84 Å². The Morgan fingerprint density at radius 1 is 0.585 bits per heavy atom. The van der Waals surface area contributed by atoms with E-state index in [2.05, 4.69) is 53.1 Å². The fraction of sp³-hybridized carbons (Fsp3) is 0.278. The van der Waals surface area contributed by atoms with E-state index in [-0.39, 0.29) is 11.5 Å². The highest BCUT2D eigenvalue weighted by Gasteiger charge is 2.09. The Morgan fingerprint density at radius 2 is 1.07 bits per heavy atom. The molecule has 1 N–H and O–H groups in total. The molecular weight excluding hydrogens is 510 g/mol. The number of carboxylic acids is 1. The number of fused-ring (bicyclic) bond motifs is 3. The molecule has 5 nitrogen and oxygen atoms in total. The van der Waals surface area contributed by atoms with Crippen molar-refractivity contribution < 1.29 is 19.4 Å². The van der Waals surface area contributed by atoms with Crippen molar-refractivity contribution in [2.24, 2.45) is 0 Å². The number of hydrogen-bond donors (Lipinski definition) is 1. The van der Waals surface area contributed by atoms with Gasteiger partial charge in [-0.2, -0.15) is 0 Å². The number of nitrogens with zero attached hydrogens (tertiary/aromatic N) is 1. The standard InChI is InChI=1S/C36H37NO4/c38-35(41-30-24-22-28(23-25-30)27-18-20-29(21-19-27)36(39)40)17-7-5-3-1-2-4-6-12-26-37-33-15-10-8-13-31(33)32-14-9-11-16-34(32)37/h8-11,13-16,18-25H,1-7,12,17,26H2,(H,39,40). The average Bonchev–Trinajstić information content (AvgIpc) is 3.32. The normalized spacial score (nSPS) is 11.2. The number of aromatic nitrogens is 1. The Kier molecular flexibility index (Phi) is 9.48. The molecule has 0 spiro atoms.